The van der Waals surface area contributed by atoms with Gasteiger partial charge in [-0.25, -0.2) is 8.42 Å². The predicted octanol–water partition coefficient (Wildman–Crippen LogP) is 3.47. The molecule has 52 heavy (non-hydrogen) atoms. The average Bonchev–Trinajstić information content (AvgIpc) is 3.94. The largest absolute Gasteiger partial charge is 0.530 e. The summed E-state index contributed by atoms with van der Waals surface area (Å²) in [6.07, 6.45) is -0.759. The van der Waals surface area contributed by atoms with E-state index in [0.717, 1.165) is 10.5 Å². The van der Waals surface area contributed by atoms with Crippen LogP contribution in [0.4, 0.5) is 4.79 Å². The molecule has 5 atom stereocenters. The molecule has 2 amide bonds. The second-order valence-electron chi connectivity index (χ2n) is 14.3. The number of unbranched alkanes of at least 4 members (excludes halogenated alkanes) is 1. The van der Waals surface area contributed by atoms with Gasteiger partial charge in [-0.05, 0) is 60.2 Å². The molecule has 2 saturated heterocycles. The Hall–Kier alpha value is -3.73. The molecule has 2 fully saturated rings. The fourth-order valence-electron chi connectivity index (χ4n) is 7.27. The number of carbonyl (C=O) groups excluding carboxylic acids is 2. The lowest BCUT2D eigenvalue weighted by molar-refractivity contribution is -0.273. The normalized spacial score (nSPS) is 20.8. The molecule has 15 heteroatoms. The number of hydrogen-bond acceptors (Lipinski definition) is 11. The van der Waals surface area contributed by atoms with Crippen molar-refractivity contribution in [1.82, 2.24) is 14.5 Å². The number of fused-ring (bicyclic) bond motifs is 2. The van der Waals surface area contributed by atoms with Crippen molar-refractivity contribution in [3.8, 4) is 11.5 Å². The Morgan fingerprint density at radius 3 is 2.60 bits per heavy atom. The highest BCUT2D eigenvalue weighted by atomic mass is 32.2. The second kappa shape index (κ2) is 16.5. The van der Waals surface area contributed by atoms with Crippen LogP contribution in [0.5, 0.6) is 11.5 Å². The first-order valence-corrected chi connectivity index (χ1v) is 19.9. The van der Waals surface area contributed by atoms with Crippen LogP contribution in [0.3, 0.4) is 0 Å². The summed E-state index contributed by atoms with van der Waals surface area (Å²) in [6, 6.07) is 15.5. The minimum atomic E-state index is -4.25. The first kappa shape index (κ1) is 38.0. The summed E-state index contributed by atoms with van der Waals surface area (Å²) in [5.41, 5.74) is 0.199. The van der Waals surface area contributed by atoms with Crippen LogP contribution in [-0.4, -0.2) is 98.8 Å². The van der Waals surface area contributed by atoms with Crippen LogP contribution in [0, 0.1) is 11.3 Å². The number of ether oxygens (including phenoxy) is 4. The topological polar surface area (TPSA) is 167 Å². The number of sulfonamides is 1. The van der Waals surface area contributed by atoms with E-state index in [9.17, 15) is 28.2 Å². The lowest BCUT2D eigenvalue weighted by Gasteiger charge is -2.43. The summed E-state index contributed by atoms with van der Waals surface area (Å²) in [7, 11) is -4.25. The summed E-state index contributed by atoms with van der Waals surface area (Å²) in [5, 5.41) is 29.8. The molecule has 0 spiro atoms. The van der Waals surface area contributed by atoms with Crippen molar-refractivity contribution in [3.63, 3.8) is 0 Å². The van der Waals surface area contributed by atoms with E-state index in [1.54, 1.807) is 6.07 Å². The quantitative estimate of drug-likeness (QED) is 0.195. The number of nitrogens with zero attached hydrogens (tertiary/aromatic N) is 2. The van der Waals surface area contributed by atoms with Gasteiger partial charge >= 0.3 is 0 Å². The molecule has 3 aliphatic heterocycles. The van der Waals surface area contributed by atoms with E-state index in [-0.39, 0.29) is 43.1 Å². The summed E-state index contributed by atoms with van der Waals surface area (Å²) in [4.78, 5) is 27.1. The van der Waals surface area contributed by atoms with E-state index in [2.05, 4.69) is 5.32 Å². The number of rotatable bonds is 17. The van der Waals surface area contributed by atoms with Gasteiger partial charge in [0, 0.05) is 31.6 Å². The fourth-order valence-corrected chi connectivity index (χ4v) is 9.57. The van der Waals surface area contributed by atoms with Crippen LogP contribution < -0.4 is 19.9 Å². The number of carboxylic acid groups (broad SMARTS) is 1. The van der Waals surface area contributed by atoms with Gasteiger partial charge in [-0.3, -0.25) is 4.79 Å². The molecule has 0 saturated carbocycles. The number of aliphatic hydroxyl groups excluding tert-OH is 1. The van der Waals surface area contributed by atoms with Crippen molar-refractivity contribution < 1.29 is 47.2 Å². The van der Waals surface area contributed by atoms with Gasteiger partial charge in [0.25, 0.3) is 5.91 Å². The maximum atomic E-state index is 14.5. The van der Waals surface area contributed by atoms with Crippen molar-refractivity contribution in [2.75, 3.05) is 39.6 Å². The maximum Gasteiger partial charge on any atom is 0.261 e. The van der Waals surface area contributed by atoms with Gasteiger partial charge in [-0.1, -0.05) is 56.7 Å². The summed E-state index contributed by atoms with van der Waals surface area (Å²) in [5.74, 6) is 0.355. The van der Waals surface area contributed by atoms with Crippen molar-refractivity contribution in [1.29, 1.82) is 0 Å². The molecule has 0 unspecified atom stereocenters. The van der Waals surface area contributed by atoms with Gasteiger partial charge in [-0.2, -0.15) is 4.31 Å². The Morgan fingerprint density at radius 2 is 1.85 bits per heavy atom. The molecule has 0 radical (unpaired) electrons. The van der Waals surface area contributed by atoms with E-state index in [1.807, 2.05) is 55.6 Å². The lowest BCUT2D eigenvalue weighted by Crippen LogP contribution is -2.61. The Morgan fingerprint density at radius 1 is 1.06 bits per heavy atom. The molecule has 0 aliphatic carbocycles. The highest BCUT2D eigenvalue weighted by molar-refractivity contribution is 7.89. The third-order valence-electron chi connectivity index (χ3n) is 9.95. The summed E-state index contributed by atoms with van der Waals surface area (Å²) >= 11 is 1.37. The SMILES string of the molecule is CC(C)(CCCCNC(=O)c1cccs1)CN(C[C@@H](O)[C@H](Cc1ccccc1)N(C(=O)[O-])[C@H]1CO[C@H]2OCC[C@H]21)S(=O)(=O)c1ccc2c(c1)OCO2. The minimum absolute atomic E-state index is 0.0246. The first-order chi connectivity index (χ1) is 24.9. The van der Waals surface area contributed by atoms with Crippen LogP contribution in [0.15, 0.2) is 70.9 Å². The monoisotopic (exact) mass is 756 g/mol. The van der Waals surface area contributed by atoms with Crippen LogP contribution in [0.25, 0.3) is 0 Å². The number of amides is 2. The van der Waals surface area contributed by atoms with E-state index in [1.165, 1.54) is 33.8 Å². The Labute approximate surface area is 308 Å². The maximum absolute atomic E-state index is 14.5. The van der Waals surface area contributed by atoms with Gasteiger partial charge in [0.05, 0.1) is 41.2 Å². The molecule has 2 aromatic carbocycles. The zero-order valence-corrected chi connectivity index (χ0v) is 31.0. The number of thiophene rings is 1. The number of aliphatic hydroxyl groups is 1. The smallest absolute Gasteiger partial charge is 0.261 e. The molecule has 2 N–H and O–H groups in total. The molecule has 4 heterocycles. The lowest BCUT2D eigenvalue weighted by atomic mass is 9.87. The van der Waals surface area contributed by atoms with Crippen LogP contribution in [-0.2, 0) is 25.9 Å². The van der Waals surface area contributed by atoms with Crippen LogP contribution in [0.1, 0.15) is 54.8 Å². The van der Waals surface area contributed by atoms with Crippen molar-refractivity contribution >= 4 is 33.4 Å². The number of carbonyl (C=O) groups is 2. The molecule has 6 rings (SSSR count). The highest BCUT2D eigenvalue weighted by Gasteiger charge is 2.47. The van der Waals surface area contributed by atoms with Crippen molar-refractivity contribution in [3.05, 3.63) is 76.5 Å². The van der Waals surface area contributed by atoms with E-state index in [0.29, 0.717) is 55.2 Å². The van der Waals surface area contributed by atoms with Crippen LogP contribution >= 0.6 is 11.3 Å². The standard InChI is InChI=1S/C37H47N3O10S2/c1-37(2,15-6-7-16-38-34(42)33-11-8-18-51-33)23-39(52(45,46)26-12-13-31-32(20-26)50-24-49-31)21-30(41)28(19-25-9-4-3-5-10-25)40(36(43)44)29-22-48-35-27(29)14-17-47-35/h3-5,8-13,18,20,27-30,35,41H,6-7,14-17,19,21-24H2,1-2H3,(H,38,42)(H,43,44)/p-1/t27-,28-,29-,30+,35+/m0/s1. The number of nitrogens with one attached hydrogen (secondary N) is 1. The van der Waals surface area contributed by atoms with Crippen molar-refractivity contribution in [2.45, 2.75) is 75.3 Å². The zero-order chi connectivity index (χ0) is 36.9. The number of benzene rings is 2. The van der Waals surface area contributed by atoms with Gasteiger partial charge < -0.3 is 44.2 Å². The molecule has 0 bridgehead atoms. The Bertz CT molecular complexity index is 1770. The Balaban J connectivity index is 1.24. The molecule has 3 aromatic rings. The highest BCUT2D eigenvalue weighted by Crippen LogP contribution is 2.38. The van der Waals surface area contributed by atoms with Crippen molar-refractivity contribution in [2.24, 2.45) is 11.3 Å². The molecule has 3 aliphatic rings. The van der Waals surface area contributed by atoms with Gasteiger partial charge in [0.1, 0.15) is 6.09 Å². The fraction of sp³-hybridized carbons (Fsp3) is 0.514. The second-order valence-corrected chi connectivity index (χ2v) is 17.1. The van der Waals surface area contributed by atoms with Gasteiger partial charge in [-0.15, -0.1) is 11.3 Å². The third-order valence-corrected chi connectivity index (χ3v) is 12.6. The molecule has 282 valence electrons. The average molecular weight is 757 g/mol. The molecular formula is C37H46N3O10S2-. The molecular weight excluding hydrogens is 711 g/mol. The van der Waals surface area contributed by atoms with E-state index >= 15 is 0 Å². The summed E-state index contributed by atoms with van der Waals surface area (Å²) in [6.45, 7) is 4.49. The van der Waals surface area contributed by atoms with E-state index < -0.39 is 52.6 Å². The van der Waals surface area contributed by atoms with Gasteiger partial charge in [0.15, 0.2) is 17.8 Å². The van der Waals surface area contributed by atoms with Gasteiger partial charge in [0.2, 0.25) is 16.8 Å². The molecule has 13 nitrogen and oxygen atoms in total. The summed E-state index contributed by atoms with van der Waals surface area (Å²) < 4.78 is 52.6. The zero-order valence-electron chi connectivity index (χ0n) is 29.3. The third kappa shape index (κ3) is 8.89. The number of hydrogen-bond donors (Lipinski definition) is 2. The molecule has 1 aromatic heterocycles. The van der Waals surface area contributed by atoms with E-state index in [4.69, 9.17) is 18.9 Å². The predicted molar refractivity (Wildman–Crippen MR) is 190 cm³/mol. The Kier molecular flexibility index (Phi) is 12.1. The minimum Gasteiger partial charge on any atom is -0.530 e. The van der Waals surface area contributed by atoms with Crippen LogP contribution in [0.2, 0.25) is 0 Å². The first-order valence-electron chi connectivity index (χ1n) is 17.6.